The second-order valence-corrected chi connectivity index (χ2v) is 8.24. The Hall–Kier alpha value is -0.410. The highest BCUT2D eigenvalue weighted by molar-refractivity contribution is 14.0. The Morgan fingerprint density at radius 2 is 2.29 bits per heavy atom. The van der Waals surface area contributed by atoms with Gasteiger partial charge in [-0.25, -0.2) is 4.98 Å². The monoisotopic (exact) mass is 464 g/mol. The van der Waals surface area contributed by atoms with Gasteiger partial charge in [-0.2, -0.15) is 0 Å². The van der Waals surface area contributed by atoms with Crippen LogP contribution < -0.4 is 10.6 Å². The third-order valence-corrected chi connectivity index (χ3v) is 6.35. The van der Waals surface area contributed by atoms with Gasteiger partial charge in [0.2, 0.25) is 0 Å². The fraction of sp³-hybridized carbons (Fsp3) is 0.765. The molecule has 3 atom stereocenters. The Labute approximate surface area is 166 Å². The minimum atomic E-state index is 0. The number of ether oxygens (including phenoxy) is 1. The number of rotatable bonds is 4. The summed E-state index contributed by atoms with van der Waals surface area (Å²) in [4.78, 5) is 10.2. The molecule has 2 fully saturated rings. The molecule has 1 aliphatic carbocycles. The van der Waals surface area contributed by atoms with Crippen LogP contribution >= 0.6 is 35.3 Å². The molecular weight excluding hydrogens is 435 g/mol. The number of aromatic nitrogens is 1. The van der Waals surface area contributed by atoms with Crippen LogP contribution in [0, 0.1) is 11.3 Å². The number of fused-ring (bicyclic) bond motifs is 1. The Kier molecular flexibility index (Phi) is 6.90. The van der Waals surface area contributed by atoms with E-state index in [2.05, 4.69) is 41.4 Å². The molecular formula is C17H29IN4OS. The van der Waals surface area contributed by atoms with Gasteiger partial charge in [-0.1, -0.05) is 20.8 Å². The summed E-state index contributed by atoms with van der Waals surface area (Å²) in [6.07, 6.45) is 5.81. The summed E-state index contributed by atoms with van der Waals surface area (Å²) >= 11 is 1.77. The second kappa shape index (κ2) is 8.31. The summed E-state index contributed by atoms with van der Waals surface area (Å²) in [5, 5.41) is 8.13. The third kappa shape index (κ3) is 3.88. The van der Waals surface area contributed by atoms with Crippen LogP contribution in [0.3, 0.4) is 0 Å². The molecule has 0 aromatic carbocycles. The lowest BCUT2D eigenvalue weighted by molar-refractivity contribution is -0.188. The zero-order chi connectivity index (χ0) is 16.4. The van der Waals surface area contributed by atoms with E-state index in [-0.39, 0.29) is 29.4 Å². The molecule has 1 aliphatic heterocycles. The predicted molar refractivity (Wildman–Crippen MR) is 110 cm³/mol. The zero-order valence-electron chi connectivity index (χ0n) is 15.0. The van der Waals surface area contributed by atoms with E-state index in [1.807, 2.05) is 13.2 Å². The van der Waals surface area contributed by atoms with Crippen molar-refractivity contribution in [1.82, 2.24) is 15.6 Å². The molecule has 0 amide bonds. The first-order chi connectivity index (χ1) is 11.1. The molecule has 3 unspecified atom stereocenters. The highest BCUT2D eigenvalue weighted by Gasteiger charge is 2.58. The van der Waals surface area contributed by atoms with Gasteiger partial charge < -0.3 is 15.4 Å². The lowest BCUT2D eigenvalue weighted by Gasteiger charge is -2.60. The molecule has 7 heteroatoms. The maximum atomic E-state index is 5.97. The van der Waals surface area contributed by atoms with E-state index in [4.69, 9.17) is 4.74 Å². The summed E-state index contributed by atoms with van der Waals surface area (Å²) < 4.78 is 5.97. The third-order valence-electron chi connectivity index (χ3n) is 5.20. The summed E-state index contributed by atoms with van der Waals surface area (Å²) in [6, 6.07) is 0.418. The molecule has 2 heterocycles. The summed E-state index contributed by atoms with van der Waals surface area (Å²) in [5.41, 5.74) is 0.152. The number of aliphatic imine (C=N–C) groups is 1. The standard InChI is InChI=1S/C17H28N4OS.HI/c1-5-11-9-19-13(23-11)10-20-16(18-4)21-14-12-7-6-8-22-15(12)17(14,2)3;/h9,12,14-15H,5-8,10H2,1-4H3,(H2,18,20,21);1H. The summed E-state index contributed by atoms with van der Waals surface area (Å²) in [5.74, 6) is 1.46. The Balaban J connectivity index is 0.00000208. The molecule has 0 radical (unpaired) electrons. The zero-order valence-corrected chi connectivity index (χ0v) is 18.1. The van der Waals surface area contributed by atoms with Gasteiger partial charge in [0.05, 0.1) is 12.6 Å². The normalized spacial score (nSPS) is 28.3. The molecule has 1 saturated carbocycles. The van der Waals surface area contributed by atoms with E-state index in [1.165, 1.54) is 17.7 Å². The number of thiazole rings is 1. The van der Waals surface area contributed by atoms with Crippen molar-refractivity contribution >= 4 is 41.3 Å². The first-order valence-corrected chi connectivity index (χ1v) is 9.40. The van der Waals surface area contributed by atoms with Crippen LogP contribution in [-0.2, 0) is 17.7 Å². The molecule has 0 spiro atoms. The van der Waals surface area contributed by atoms with Gasteiger partial charge in [0.1, 0.15) is 5.01 Å². The van der Waals surface area contributed by atoms with E-state index in [0.29, 0.717) is 18.1 Å². The first kappa shape index (κ1) is 19.9. The smallest absolute Gasteiger partial charge is 0.191 e. The van der Waals surface area contributed by atoms with Crippen LogP contribution in [0.25, 0.3) is 0 Å². The van der Waals surface area contributed by atoms with Crippen molar-refractivity contribution in [2.45, 2.75) is 58.7 Å². The number of halogens is 1. The number of hydrogen-bond donors (Lipinski definition) is 2. The van der Waals surface area contributed by atoms with Gasteiger partial charge in [-0.05, 0) is 19.3 Å². The average molecular weight is 464 g/mol. The molecule has 2 aliphatic rings. The largest absolute Gasteiger partial charge is 0.377 e. The minimum Gasteiger partial charge on any atom is -0.377 e. The summed E-state index contributed by atoms with van der Waals surface area (Å²) in [6.45, 7) is 8.38. The van der Waals surface area contributed by atoms with E-state index < -0.39 is 0 Å². The molecule has 136 valence electrons. The number of nitrogens with zero attached hydrogens (tertiary/aromatic N) is 2. The molecule has 1 aromatic rings. The van der Waals surface area contributed by atoms with Crippen LogP contribution in [0.4, 0.5) is 0 Å². The van der Waals surface area contributed by atoms with Crippen molar-refractivity contribution in [3.8, 4) is 0 Å². The molecule has 3 rings (SSSR count). The molecule has 2 N–H and O–H groups in total. The van der Waals surface area contributed by atoms with Crippen LogP contribution in [0.2, 0.25) is 0 Å². The van der Waals surface area contributed by atoms with E-state index in [9.17, 15) is 0 Å². The Morgan fingerprint density at radius 1 is 1.50 bits per heavy atom. The highest BCUT2D eigenvalue weighted by atomic mass is 127. The quantitative estimate of drug-likeness (QED) is 0.408. The van der Waals surface area contributed by atoms with Crippen LogP contribution in [0.1, 0.15) is 43.5 Å². The topological polar surface area (TPSA) is 58.5 Å². The van der Waals surface area contributed by atoms with Gasteiger partial charge in [-0.3, -0.25) is 4.99 Å². The Bertz CT molecular complexity index is 575. The number of guanidine groups is 1. The summed E-state index contributed by atoms with van der Waals surface area (Å²) in [7, 11) is 1.83. The van der Waals surface area contributed by atoms with Crippen LogP contribution in [-0.4, -0.2) is 36.7 Å². The highest BCUT2D eigenvalue weighted by Crippen LogP contribution is 2.51. The molecule has 24 heavy (non-hydrogen) atoms. The predicted octanol–water partition coefficient (Wildman–Crippen LogP) is 3.19. The van der Waals surface area contributed by atoms with Crippen molar-refractivity contribution in [2.24, 2.45) is 16.3 Å². The first-order valence-electron chi connectivity index (χ1n) is 8.58. The molecule has 1 aromatic heterocycles. The second-order valence-electron chi connectivity index (χ2n) is 7.04. The van der Waals surface area contributed by atoms with Crippen molar-refractivity contribution in [1.29, 1.82) is 0 Å². The fourth-order valence-corrected chi connectivity index (χ4v) is 4.71. The van der Waals surface area contributed by atoms with Crippen LogP contribution in [0.5, 0.6) is 0 Å². The van der Waals surface area contributed by atoms with Gasteiger partial charge in [0.25, 0.3) is 0 Å². The Morgan fingerprint density at radius 3 is 2.96 bits per heavy atom. The van der Waals surface area contributed by atoms with Gasteiger partial charge in [0.15, 0.2) is 5.96 Å². The van der Waals surface area contributed by atoms with E-state index in [1.54, 1.807) is 11.3 Å². The van der Waals surface area contributed by atoms with Crippen molar-refractivity contribution in [2.75, 3.05) is 13.7 Å². The SMILES string of the molecule is CCc1cnc(CNC(=NC)NC2C3CCCOC3C2(C)C)s1.I. The van der Waals surface area contributed by atoms with Crippen molar-refractivity contribution in [3.63, 3.8) is 0 Å². The maximum Gasteiger partial charge on any atom is 0.191 e. The van der Waals surface area contributed by atoms with Crippen molar-refractivity contribution in [3.05, 3.63) is 16.1 Å². The van der Waals surface area contributed by atoms with Crippen molar-refractivity contribution < 1.29 is 4.74 Å². The van der Waals surface area contributed by atoms with Gasteiger partial charge >= 0.3 is 0 Å². The average Bonchev–Trinajstić information content (AvgIpc) is 3.03. The minimum absolute atomic E-state index is 0. The van der Waals surface area contributed by atoms with Crippen LogP contribution in [0.15, 0.2) is 11.2 Å². The molecule has 1 saturated heterocycles. The molecule has 5 nitrogen and oxygen atoms in total. The lowest BCUT2D eigenvalue weighted by Crippen LogP contribution is -2.70. The van der Waals surface area contributed by atoms with E-state index in [0.717, 1.165) is 30.5 Å². The van der Waals surface area contributed by atoms with Gasteiger partial charge in [0, 0.05) is 42.1 Å². The lowest BCUT2D eigenvalue weighted by atomic mass is 9.55. The number of hydrogen-bond acceptors (Lipinski definition) is 4. The molecule has 0 bridgehead atoms. The van der Waals surface area contributed by atoms with Gasteiger partial charge in [-0.15, -0.1) is 35.3 Å². The maximum absolute atomic E-state index is 5.97. The fourth-order valence-electron chi connectivity index (χ4n) is 3.91. The number of nitrogens with one attached hydrogen (secondary N) is 2. The van der Waals surface area contributed by atoms with E-state index >= 15 is 0 Å². The number of aryl methyl sites for hydroxylation is 1.